The van der Waals surface area contributed by atoms with Crippen molar-refractivity contribution >= 4 is 24.2 Å². The quantitative estimate of drug-likeness (QED) is 0.219. The van der Waals surface area contributed by atoms with Gasteiger partial charge in [-0.15, -0.1) is 0 Å². The van der Waals surface area contributed by atoms with E-state index in [0.29, 0.717) is 28.4 Å². The van der Waals surface area contributed by atoms with Crippen LogP contribution in [0.3, 0.4) is 0 Å². The molecule has 0 spiro atoms. The Hall–Kier alpha value is -4.13. The number of esters is 1. The van der Waals surface area contributed by atoms with E-state index in [4.69, 9.17) is 13.9 Å². The molecule has 0 radical (unpaired) electrons. The van der Waals surface area contributed by atoms with E-state index in [1.165, 1.54) is 31.7 Å². The number of hydrogen-bond donors (Lipinski definition) is 1. The number of hydrogen-bond acceptors (Lipinski definition) is 6. The summed E-state index contributed by atoms with van der Waals surface area (Å²) in [5.74, 6) is 0.411. The molecule has 0 aliphatic carbocycles. The van der Waals surface area contributed by atoms with Gasteiger partial charge in [-0.1, -0.05) is 24.3 Å². The Labute approximate surface area is 167 Å². The van der Waals surface area contributed by atoms with Crippen molar-refractivity contribution in [2.45, 2.75) is 0 Å². The number of nitrogens with zero attached hydrogens (tertiary/aromatic N) is 1. The van der Waals surface area contributed by atoms with Gasteiger partial charge >= 0.3 is 5.97 Å². The highest BCUT2D eigenvalue weighted by Gasteiger charge is 2.10. The highest BCUT2D eigenvalue weighted by atomic mass is 16.5. The second kappa shape index (κ2) is 9.70. The molecule has 1 heterocycles. The summed E-state index contributed by atoms with van der Waals surface area (Å²) in [7, 11) is 1.49. The van der Waals surface area contributed by atoms with Gasteiger partial charge in [0.05, 0.1) is 25.2 Å². The first-order valence-corrected chi connectivity index (χ1v) is 8.65. The summed E-state index contributed by atoms with van der Waals surface area (Å²) >= 11 is 0. The molecule has 0 saturated carbocycles. The van der Waals surface area contributed by atoms with Crippen LogP contribution in [0.15, 0.2) is 82.5 Å². The first-order valence-electron chi connectivity index (χ1n) is 8.65. The minimum absolute atomic E-state index is 0.346. The van der Waals surface area contributed by atoms with Crippen LogP contribution in [0.1, 0.15) is 21.7 Å². The average Bonchev–Trinajstić information content (AvgIpc) is 3.26. The Kier molecular flexibility index (Phi) is 6.57. The van der Waals surface area contributed by atoms with Crippen LogP contribution >= 0.6 is 0 Å². The fourth-order valence-electron chi connectivity index (χ4n) is 2.40. The molecule has 0 unspecified atom stereocenters. The fourth-order valence-corrected chi connectivity index (χ4v) is 2.40. The van der Waals surface area contributed by atoms with Gasteiger partial charge < -0.3 is 13.9 Å². The molecule has 1 amide bonds. The van der Waals surface area contributed by atoms with Gasteiger partial charge in [0.1, 0.15) is 17.3 Å². The Morgan fingerprint density at radius 3 is 2.72 bits per heavy atom. The van der Waals surface area contributed by atoms with Crippen molar-refractivity contribution in [3.63, 3.8) is 0 Å². The van der Waals surface area contributed by atoms with Gasteiger partial charge in [0, 0.05) is 6.08 Å². The van der Waals surface area contributed by atoms with E-state index in [0.717, 1.165) is 0 Å². The van der Waals surface area contributed by atoms with Crippen LogP contribution in [0.25, 0.3) is 6.08 Å². The van der Waals surface area contributed by atoms with E-state index in [1.807, 2.05) is 0 Å². The lowest BCUT2D eigenvalue weighted by Crippen LogP contribution is -2.18. The predicted octanol–water partition coefficient (Wildman–Crippen LogP) is 3.67. The maximum atomic E-state index is 12.2. The van der Waals surface area contributed by atoms with E-state index in [2.05, 4.69) is 10.5 Å². The molecule has 0 aliphatic heterocycles. The number of benzene rings is 2. The summed E-state index contributed by atoms with van der Waals surface area (Å²) in [6.45, 7) is 0. The minimum atomic E-state index is -0.542. The first-order chi connectivity index (χ1) is 14.2. The molecule has 7 heteroatoms. The van der Waals surface area contributed by atoms with Gasteiger partial charge in [-0.2, -0.15) is 5.10 Å². The molecule has 29 heavy (non-hydrogen) atoms. The number of ether oxygens (including phenoxy) is 2. The summed E-state index contributed by atoms with van der Waals surface area (Å²) in [4.78, 5) is 24.1. The molecular weight excluding hydrogens is 372 g/mol. The molecule has 1 N–H and O–H groups in total. The lowest BCUT2D eigenvalue weighted by Gasteiger charge is -2.06. The van der Waals surface area contributed by atoms with Gasteiger partial charge in [-0.25, -0.2) is 10.2 Å². The zero-order valence-corrected chi connectivity index (χ0v) is 15.6. The highest BCUT2D eigenvalue weighted by molar-refractivity contribution is 5.97. The number of carbonyl (C=O) groups is 2. The smallest absolute Gasteiger partial charge is 0.336 e. The number of para-hydroxylation sites is 1. The Bertz CT molecular complexity index is 1040. The van der Waals surface area contributed by atoms with Crippen LogP contribution in [0.5, 0.6) is 11.5 Å². The van der Waals surface area contributed by atoms with Crippen molar-refractivity contribution in [1.82, 2.24) is 5.43 Å². The van der Waals surface area contributed by atoms with Crippen LogP contribution in [-0.4, -0.2) is 25.2 Å². The third-order valence-electron chi connectivity index (χ3n) is 3.73. The first kappa shape index (κ1) is 19.6. The second-order valence-electron chi connectivity index (χ2n) is 5.74. The third kappa shape index (κ3) is 5.67. The monoisotopic (exact) mass is 390 g/mol. The molecule has 3 rings (SSSR count). The van der Waals surface area contributed by atoms with E-state index in [9.17, 15) is 9.59 Å². The van der Waals surface area contributed by atoms with Gasteiger partial charge in [0.15, 0.2) is 0 Å². The van der Waals surface area contributed by atoms with Crippen molar-refractivity contribution in [3.05, 3.63) is 89.9 Å². The van der Waals surface area contributed by atoms with Crippen molar-refractivity contribution in [1.29, 1.82) is 0 Å². The van der Waals surface area contributed by atoms with Crippen molar-refractivity contribution in [2.75, 3.05) is 7.11 Å². The Morgan fingerprint density at radius 2 is 1.93 bits per heavy atom. The molecule has 7 nitrogen and oxygen atoms in total. The van der Waals surface area contributed by atoms with Gasteiger partial charge in [0.2, 0.25) is 0 Å². The number of nitrogens with one attached hydrogen (secondary N) is 1. The fraction of sp³-hybridized carbons (Fsp3) is 0.0455. The molecule has 0 saturated heterocycles. The summed E-state index contributed by atoms with van der Waals surface area (Å²) < 4.78 is 15.5. The SMILES string of the molecule is COc1ccccc1C(=O)N/N=C\c1cccc(OC(=O)/C=C/c2ccco2)c1. The molecule has 0 aliphatic rings. The Balaban J connectivity index is 1.59. The average molecular weight is 390 g/mol. The topological polar surface area (TPSA) is 90.1 Å². The zero-order valence-electron chi connectivity index (χ0n) is 15.6. The standard InChI is InChI=1S/C22H18N2O5/c1-27-20-10-3-2-9-19(20)22(26)24-23-15-16-6-4-7-18(14-16)29-21(25)12-11-17-8-5-13-28-17/h2-15H,1H3,(H,24,26)/b12-11+,23-15-. The third-order valence-corrected chi connectivity index (χ3v) is 3.73. The van der Waals surface area contributed by atoms with Crippen molar-refractivity contribution < 1.29 is 23.5 Å². The van der Waals surface area contributed by atoms with Gasteiger partial charge in [-0.3, -0.25) is 4.79 Å². The lowest BCUT2D eigenvalue weighted by molar-refractivity contribution is -0.128. The molecule has 2 aromatic carbocycles. The number of hydrazone groups is 1. The Morgan fingerprint density at radius 1 is 1.07 bits per heavy atom. The van der Waals surface area contributed by atoms with Crippen LogP contribution in [-0.2, 0) is 4.79 Å². The van der Waals surface area contributed by atoms with Gasteiger partial charge in [-0.05, 0) is 48.0 Å². The number of rotatable bonds is 7. The number of furan rings is 1. The largest absolute Gasteiger partial charge is 0.496 e. The summed E-state index contributed by atoms with van der Waals surface area (Å²) in [6, 6.07) is 17.0. The van der Waals surface area contributed by atoms with Crippen molar-refractivity contribution in [3.8, 4) is 11.5 Å². The number of amides is 1. The van der Waals surface area contributed by atoms with E-state index in [-0.39, 0.29) is 0 Å². The van der Waals surface area contributed by atoms with E-state index in [1.54, 1.807) is 60.7 Å². The van der Waals surface area contributed by atoms with Gasteiger partial charge in [0.25, 0.3) is 5.91 Å². The van der Waals surface area contributed by atoms with E-state index >= 15 is 0 Å². The van der Waals surface area contributed by atoms with Crippen LogP contribution in [0, 0.1) is 0 Å². The molecule has 0 fully saturated rings. The molecule has 1 aromatic heterocycles. The number of carbonyl (C=O) groups excluding carboxylic acids is 2. The maximum Gasteiger partial charge on any atom is 0.336 e. The molecular formula is C22H18N2O5. The predicted molar refractivity (Wildman–Crippen MR) is 108 cm³/mol. The highest BCUT2D eigenvalue weighted by Crippen LogP contribution is 2.17. The molecule has 146 valence electrons. The summed E-state index contributed by atoms with van der Waals surface area (Å²) in [5.41, 5.74) is 3.46. The zero-order chi connectivity index (χ0) is 20.5. The minimum Gasteiger partial charge on any atom is -0.496 e. The normalized spacial score (nSPS) is 10.9. The lowest BCUT2D eigenvalue weighted by atomic mass is 10.2. The van der Waals surface area contributed by atoms with Crippen LogP contribution in [0.4, 0.5) is 0 Å². The van der Waals surface area contributed by atoms with Crippen LogP contribution < -0.4 is 14.9 Å². The molecule has 0 atom stereocenters. The van der Waals surface area contributed by atoms with Crippen LogP contribution in [0.2, 0.25) is 0 Å². The summed E-state index contributed by atoms with van der Waals surface area (Å²) in [5, 5.41) is 3.94. The number of methoxy groups -OCH3 is 1. The molecule has 0 bridgehead atoms. The van der Waals surface area contributed by atoms with E-state index < -0.39 is 11.9 Å². The molecule has 3 aromatic rings. The maximum absolute atomic E-state index is 12.2. The van der Waals surface area contributed by atoms with Crippen molar-refractivity contribution in [2.24, 2.45) is 5.10 Å². The second-order valence-corrected chi connectivity index (χ2v) is 5.74. The summed E-state index contributed by atoms with van der Waals surface area (Å²) in [6.07, 6.45) is 5.75.